The lowest BCUT2D eigenvalue weighted by molar-refractivity contribution is 0.655. The van der Waals surface area contributed by atoms with Gasteiger partial charge in [0.1, 0.15) is 6.07 Å². The SMILES string of the molecule is N#Cc1nn(Cc2ccccc2)c2c1C=CC2. The van der Waals surface area contributed by atoms with Gasteiger partial charge in [-0.05, 0) is 5.56 Å². The first-order chi connectivity index (χ1) is 8.38. The minimum Gasteiger partial charge on any atom is -0.263 e. The Hall–Kier alpha value is -2.34. The molecule has 82 valence electrons. The maximum atomic E-state index is 9.02. The number of aromatic nitrogens is 2. The molecule has 0 radical (unpaired) electrons. The molecule has 3 rings (SSSR count). The summed E-state index contributed by atoms with van der Waals surface area (Å²) in [7, 11) is 0. The van der Waals surface area contributed by atoms with Crippen molar-refractivity contribution in [3.05, 3.63) is 58.9 Å². The van der Waals surface area contributed by atoms with Crippen molar-refractivity contribution in [2.45, 2.75) is 13.0 Å². The van der Waals surface area contributed by atoms with E-state index in [1.807, 2.05) is 29.0 Å². The van der Waals surface area contributed by atoms with E-state index in [1.54, 1.807) is 0 Å². The topological polar surface area (TPSA) is 41.6 Å². The van der Waals surface area contributed by atoms with Gasteiger partial charge in [-0.15, -0.1) is 0 Å². The summed E-state index contributed by atoms with van der Waals surface area (Å²) in [6, 6.07) is 12.3. The second kappa shape index (κ2) is 3.91. The molecule has 0 atom stereocenters. The summed E-state index contributed by atoms with van der Waals surface area (Å²) in [5, 5.41) is 13.4. The van der Waals surface area contributed by atoms with Gasteiger partial charge in [0.25, 0.3) is 0 Å². The number of benzene rings is 1. The summed E-state index contributed by atoms with van der Waals surface area (Å²) in [5.41, 5.74) is 3.87. The van der Waals surface area contributed by atoms with Crippen molar-refractivity contribution in [3.8, 4) is 6.07 Å². The van der Waals surface area contributed by atoms with Crippen molar-refractivity contribution in [1.29, 1.82) is 5.26 Å². The molecule has 1 aliphatic rings. The van der Waals surface area contributed by atoms with Crippen LogP contribution in [-0.2, 0) is 13.0 Å². The van der Waals surface area contributed by atoms with Gasteiger partial charge in [-0.2, -0.15) is 10.4 Å². The quantitative estimate of drug-likeness (QED) is 0.781. The molecule has 3 nitrogen and oxygen atoms in total. The average molecular weight is 221 g/mol. The van der Waals surface area contributed by atoms with Crippen LogP contribution in [0.5, 0.6) is 0 Å². The number of hydrogen-bond acceptors (Lipinski definition) is 2. The highest BCUT2D eigenvalue weighted by Crippen LogP contribution is 2.23. The Morgan fingerprint density at radius 1 is 1.29 bits per heavy atom. The smallest absolute Gasteiger partial charge is 0.169 e. The van der Waals surface area contributed by atoms with E-state index in [9.17, 15) is 0 Å². The van der Waals surface area contributed by atoms with Gasteiger partial charge in [0.05, 0.1) is 12.2 Å². The average Bonchev–Trinajstić information content (AvgIpc) is 2.94. The fourth-order valence-corrected chi connectivity index (χ4v) is 2.16. The van der Waals surface area contributed by atoms with E-state index in [1.165, 1.54) is 5.56 Å². The van der Waals surface area contributed by atoms with E-state index in [4.69, 9.17) is 5.26 Å². The van der Waals surface area contributed by atoms with Crippen LogP contribution >= 0.6 is 0 Å². The van der Waals surface area contributed by atoms with E-state index in [-0.39, 0.29) is 0 Å². The minimum absolute atomic E-state index is 0.532. The van der Waals surface area contributed by atoms with E-state index in [0.717, 1.165) is 24.2 Å². The van der Waals surface area contributed by atoms with Gasteiger partial charge >= 0.3 is 0 Å². The molecule has 0 N–H and O–H groups in total. The summed E-state index contributed by atoms with van der Waals surface area (Å²) in [6.45, 7) is 0.729. The van der Waals surface area contributed by atoms with Crippen LogP contribution < -0.4 is 0 Å². The Morgan fingerprint density at radius 2 is 2.12 bits per heavy atom. The van der Waals surface area contributed by atoms with Gasteiger partial charge in [-0.1, -0.05) is 42.5 Å². The molecule has 1 heterocycles. The molecule has 3 heteroatoms. The van der Waals surface area contributed by atoms with Crippen LogP contribution in [0.2, 0.25) is 0 Å². The first-order valence-electron chi connectivity index (χ1n) is 5.59. The zero-order valence-corrected chi connectivity index (χ0v) is 9.30. The number of rotatable bonds is 2. The number of allylic oxidation sites excluding steroid dienone is 1. The molecule has 0 unspecified atom stereocenters. The lowest BCUT2D eigenvalue weighted by Gasteiger charge is -2.04. The normalized spacial score (nSPS) is 12.4. The minimum atomic E-state index is 0.532. The zero-order chi connectivity index (χ0) is 11.7. The van der Waals surface area contributed by atoms with Crippen molar-refractivity contribution in [2.24, 2.45) is 0 Å². The predicted molar refractivity (Wildman–Crippen MR) is 65.2 cm³/mol. The largest absolute Gasteiger partial charge is 0.263 e. The molecule has 2 aromatic rings. The first kappa shape index (κ1) is 9.86. The Labute approximate surface area is 99.6 Å². The van der Waals surface area contributed by atoms with Gasteiger partial charge in [0, 0.05) is 12.0 Å². The van der Waals surface area contributed by atoms with E-state index in [2.05, 4.69) is 29.4 Å². The van der Waals surface area contributed by atoms with Crippen LogP contribution in [0.4, 0.5) is 0 Å². The Bertz CT molecular complexity index is 615. The van der Waals surface area contributed by atoms with Crippen LogP contribution in [0.3, 0.4) is 0 Å². The van der Waals surface area contributed by atoms with E-state index in [0.29, 0.717) is 5.69 Å². The van der Waals surface area contributed by atoms with Crippen molar-refractivity contribution >= 4 is 6.08 Å². The lowest BCUT2D eigenvalue weighted by Crippen LogP contribution is -2.05. The zero-order valence-electron chi connectivity index (χ0n) is 9.30. The molecule has 1 aliphatic carbocycles. The molecule has 1 aromatic carbocycles. The first-order valence-corrected chi connectivity index (χ1v) is 5.59. The highest BCUT2D eigenvalue weighted by molar-refractivity contribution is 5.63. The van der Waals surface area contributed by atoms with E-state index >= 15 is 0 Å². The van der Waals surface area contributed by atoms with Gasteiger partial charge in [-0.25, -0.2) is 0 Å². The van der Waals surface area contributed by atoms with Crippen LogP contribution in [0.25, 0.3) is 6.08 Å². The van der Waals surface area contributed by atoms with Crippen molar-refractivity contribution in [1.82, 2.24) is 9.78 Å². The molecule has 0 aliphatic heterocycles. The summed E-state index contributed by atoms with van der Waals surface area (Å²) in [6.07, 6.45) is 4.94. The summed E-state index contributed by atoms with van der Waals surface area (Å²) < 4.78 is 1.93. The second-order valence-corrected chi connectivity index (χ2v) is 4.07. The van der Waals surface area contributed by atoms with E-state index < -0.39 is 0 Å². The lowest BCUT2D eigenvalue weighted by atomic mass is 10.2. The highest BCUT2D eigenvalue weighted by Gasteiger charge is 2.18. The van der Waals surface area contributed by atoms with Crippen LogP contribution in [0, 0.1) is 11.3 Å². The Balaban J connectivity index is 1.99. The standard InChI is InChI=1S/C14H11N3/c15-9-13-12-7-4-8-14(12)17(16-13)10-11-5-2-1-3-6-11/h1-7H,8,10H2. The van der Waals surface area contributed by atoms with Crippen molar-refractivity contribution in [2.75, 3.05) is 0 Å². The Morgan fingerprint density at radius 3 is 2.88 bits per heavy atom. The van der Waals surface area contributed by atoms with Gasteiger partial charge in [0.2, 0.25) is 0 Å². The number of fused-ring (bicyclic) bond motifs is 1. The monoisotopic (exact) mass is 221 g/mol. The third kappa shape index (κ3) is 1.64. The molecular weight excluding hydrogens is 210 g/mol. The highest BCUT2D eigenvalue weighted by atomic mass is 15.3. The van der Waals surface area contributed by atoms with Crippen LogP contribution in [-0.4, -0.2) is 9.78 Å². The summed E-state index contributed by atoms with van der Waals surface area (Å²) in [5.74, 6) is 0. The molecule has 1 aromatic heterocycles. The van der Waals surface area contributed by atoms with Crippen molar-refractivity contribution in [3.63, 3.8) is 0 Å². The molecule has 17 heavy (non-hydrogen) atoms. The van der Waals surface area contributed by atoms with Gasteiger partial charge < -0.3 is 0 Å². The Kier molecular flexibility index (Phi) is 2.27. The van der Waals surface area contributed by atoms with Crippen LogP contribution in [0.1, 0.15) is 22.5 Å². The maximum Gasteiger partial charge on any atom is 0.169 e. The third-order valence-corrected chi connectivity index (χ3v) is 2.98. The van der Waals surface area contributed by atoms with Gasteiger partial charge in [0.15, 0.2) is 5.69 Å². The molecule has 0 saturated heterocycles. The maximum absolute atomic E-state index is 9.02. The fraction of sp³-hybridized carbons (Fsp3) is 0.143. The molecular formula is C14H11N3. The molecule has 0 saturated carbocycles. The summed E-state index contributed by atoms with van der Waals surface area (Å²) in [4.78, 5) is 0. The molecule has 0 amide bonds. The van der Waals surface area contributed by atoms with Gasteiger partial charge in [-0.3, -0.25) is 4.68 Å². The third-order valence-electron chi connectivity index (χ3n) is 2.98. The molecule has 0 bridgehead atoms. The fourth-order valence-electron chi connectivity index (χ4n) is 2.16. The summed E-state index contributed by atoms with van der Waals surface area (Å²) >= 11 is 0. The van der Waals surface area contributed by atoms with Crippen molar-refractivity contribution < 1.29 is 0 Å². The number of nitriles is 1. The second-order valence-electron chi connectivity index (χ2n) is 4.07. The molecule has 0 spiro atoms. The van der Waals surface area contributed by atoms with Crippen LogP contribution in [0.15, 0.2) is 36.4 Å². The molecule has 0 fully saturated rings. The number of hydrogen-bond donors (Lipinski definition) is 0. The predicted octanol–water partition coefficient (Wildman–Crippen LogP) is 2.37. The number of nitrogens with zero attached hydrogens (tertiary/aromatic N) is 3.